The zero-order chi connectivity index (χ0) is 13.1. The summed E-state index contributed by atoms with van der Waals surface area (Å²) in [6.45, 7) is 3.77. The molecule has 100 valence electrons. The largest absolute Gasteiger partial charge is 0.465 e. The van der Waals surface area contributed by atoms with Crippen molar-refractivity contribution in [2.24, 2.45) is 0 Å². The van der Waals surface area contributed by atoms with Crippen LogP contribution >= 0.6 is 0 Å². The number of amides is 1. The highest BCUT2D eigenvalue weighted by molar-refractivity contribution is 5.65. The van der Waals surface area contributed by atoms with Crippen LogP contribution in [-0.4, -0.2) is 63.4 Å². The third-order valence-electron chi connectivity index (χ3n) is 3.08. The first-order valence-electron chi connectivity index (χ1n) is 5.84. The lowest BCUT2D eigenvalue weighted by Crippen LogP contribution is -2.55. The number of aryl methyl sites for hydroxylation is 1. The average molecular weight is 255 g/mol. The zero-order valence-corrected chi connectivity index (χ0v) is 10.2. The molecular weight excluding hydrogens is 238 g/mol. The average Bonchev–Trinajstić information content (AvgIpc) is 2.74. The van der Waals surface area contributed by atoms with Gasteiger partial charge in [-0.1, -0.05) is 0 Å². The second-order valence-electron chi connectivity index (χ2n) is 4.41. The van der Waals surface area contributed by atoms with Crippen LogP contribution in [0.25, 0.3) is 0 Å². The van der Waals surface area contributed by atoms with Crippen molar-refractivity contribution in [3.8, 4) is 0 Å². The molecule has 1 aromatic heterocycles. The first-order valence-corrected chi connectivity index (χ1v) is 5.84. The van der Waals surface area contributed by atoms with E-state index in [0.717, 1.165) is 5.69 Å². The molecule has 1 fully saturated rings. The molecule has 7 heteroatoms. The Kier molecular flexibility index (Phi) is 3.83. The first kappa shape index (κ1) is 12.8. The molecule has 2 N–H and O–H groups in total. The lowest BCUT2D eigenvalue weighted by molar-refractivity contribution is 0.0383. The Labute approximate surface area is 105 Å². The molecule has 1 aromatic rings. The molecule has 0 spiro atoms. The molecule has 2 rings (SSSR count). The fourth-order valence-electron chi connectivity index (χ4n) is 2.18. The molecule has 1 aliphatic rings. The first-order chi connectivity index (χ1) is 8.60. The van der Waals surface area contributed by atoms with Crippen molar-refractivity contribution < 1.29 is 19.4 Å². The minimum Gasteiger partial charge on any atom is -0.465 e. The maximum atomic E-state index is 11.0. The van der Waals surface area contributed by atoms with Crippen molar-refractivity contribution in [2.75, 3.05) is 26.2 Å². The van der Waals surface area contributed by atoms with Gasteiger partial charge in [-0.25, -0.2) is 9.78 Å². The van der Waals surface area contributed by atoms with Crippen molar-refractivity contribution in [2.45, 2.75) is 19.5 Å². The number of oxazole rings is 1. The van der Waals surface area contributed by atoms with Crippen LogP contribution in [0.4, 0.5) is 4.79 Å². The summed E-state index contributed by atoms with van der Waals surface area (Å²) < 4.78 is 5.13. The highest BCUT2D eigenvalue weighted by Gasteiger charge is 2.29. The molecule has 0 aliphatic carbocycles. The second-order valence-corrected chi connectivity index (χ2v) is 4.41. The van der Waals surface area contributed by atoms with E-state index in [1.165, 1.54) is 4.90 Å². The van der Waals surface area contributed by atoms with E-state index >= 15 is 0 Å². The Morgan fingerprint density at radius 3 is 2.94 bits per heavy atom. The van der Waals surface area contributed by atoms with Crippen molar-refractivity contribution in [3.63, 3.8) is 0 Å². The predicted molar refractivity (Wildman–Crippen MR) is 62.1 cm³/mol. The smallest absolute Gasteiger partial charge is 0.407 e. The van der Waals surface area contributed by atoms with E-state index < -0.39 is 6.09 Å². The van der Waals surface area contributed by atoms with Crippen LogP contribution in [0.5, 0.6) is 0 Å². The summed E-state index contributed by atoms with van der Waals surface area (Å²) in [6.07, 6.45) is 0.623. The lowest BCUT2D eigenvalue weighted by Gasteiger charge is -2.38. The van der Waals surface area contributed by atoms with Crippen molar-refractivity contribution in [1.82, 2.24) is 14.8 Å². The zero-order valence-electron chi connectivity index (χ0n) is 10.2. The van der Waals surface area contributed by atoms with Gasteiger partial charge in [-0.15, -0.1) is 0 Å². The summed E-state index contributed by atoms with van der Waals surface area (Å²) in [5.74, 6) is 0.618. The Morgan fingerprint density at radius 2 is 2.39 bits per heavy atom. The summed E-state index contributed by atoms with van der Waals surface area (Å²) >= 11 is 0. The van der Waals surface area contributed by atoms with Crippen LogP contribution in [0.1, 0.15) is 11.6 Å². The van der Waals surface area contributed by atoms with Gasteiger partial charge < -0.3 is 19.5 Å². The monoisotopic (exact) mass is 255 g/mol. The quantitative estimate of drug-likeness (QED) is 0.798. The van der Waals surface area contributed by atoms with Crippen LogP contribution in [0.3, 0.4) is 0 Å². The Bertz CT molecular complexity index is 420. The maximum absolute atomic E-state index is 11.0. The number of hydrogen-bond donors (Lipinski definition) is 2. The molecule has 1 aliphatic heterocycles. The van der Waals surface area contributed by atoms with Gasteiger partial charge in [0.25, 0.3) is 0 Å². The van der Waals surface area contributed by atoms with Gasteiger partial charge in [-0.05, 0) is 0 Å². The van der Waals surface area contributed by atoms with Gasteiger partial charge in [-0.2, -0.15) is 0 Å². The number of piperazine rings is 1. The number of rotatable bonds is 3. The Balaban J connectivity index is 1.95. The summed E-state index contributed by atoms with van der Waals surface area (Å²) in [5, 5.41) is 18.2. The fraction of sp³-hybridized carbons (Fsp3) is 0.636. The molecule has 1 unspecified atom stereocenters. The molecule has 1 amide bonds. The highest BCUT2D eigenvalue weighted by atomic mass is 16.4. The van der Waals surface area contributed by atoms with Gasteiger partial charge >= 0.3 is 6.09 Å². The van der Waals surface area contributed by atoms with E-state index in [0.29, 0.717) is 32.1 Å². The number of nitrogens with zero attached hydrogens (tertiary/aromatic N) is 3. The number of hydrogen-bond acceptors (Lipinski definition) is 5. The second kappa shape index (κ2) is 5.36. The third kappa shape index (κ3) is 2.80. The summed E-state index contributed by atoms with van der Waals surface area (Å²) in [6, 6.07) is -0.371. The standard InChI is InChI=1S/C11H17N3O4/c1-8-12-9(7-18-8)4-13-2-3-14(11(16)17)10(5-13)6-15/h7,10,15H,2-6H2,1H3,(H,16,17). The number of carbonyl (C=O) groups is 1. The molecule has 2 heterocycles. The number of carboxylic acid groups (broad SMARTS) is 1. The van der Waals surface area contributed by atoms with Gasteiger partial charge in [0.15, 0.2) is 5.89 Å². The SMILES string of the molecule is Cc1nc(CN2CCN(C(=O)O)C(CO)C2)co1. The van der Waals surface area contributed by atoms with Crippen molar-refractivity contribution in [1.29, 1.82) is 0 Å². The van der Waals surface area contributed by atoms with E-state index in [2.05, 4.69) is 9.88 Å². The van der Waals surface area contributed by atoms with Crippen molar-refractivity contribution >= 4 is 6.09 Å². The van der Waals surface area contributed by atoms with Gasteiger partial charge in [0.05, 0.1) is 18.3 Å². The summed E-state index contributed by atoms with van der Waals surface area (Å²) in [4.78, 5) is 18.5. The van der Waals surface area contributed by atoms with Crippen LogP contribution in [0, 0.1) is 6.92 Å². The fourth-order valence-corrected chi connectivity index (χ4v) is 2.18. The predicted octanol–water partition coefficient (Wildman–Crippen LogP) is 0.140. The molecule has 0 saturated carbocycles. The van der Waals surface area contributed by atoms with E-state index in [1.807, 2.05) is 0 Å². The van der Waals surface area contributed by atoms with Crippen LogP contribution in [0.15, 0.2) is 10.7 Å². The Hall–Kier alpha value is -1.60. The molecule has 0 radical (unpaired) electrons. The van der Waals surface area contributed by atoms with Crippen LogP contribution in [0.2, 0.25) is 0 Å². The number of aliphatic hydroxyl groups excluding tert-OH is 1. The van der Waals surface area contributed by atoms with Gasteiger partial charge in [-0.3, -0.25) is 4.90 Å². The number of aliphatic hydroxyl groups is 1. The minimum absolute atomic E-state index is 0.166. The molecule has 1 atom stereocenters. The maximum Gasteiger partial charge on any atom is 0.407 e. The lowest BCUT2D eigenvalue weighted by atomic mass is 10.2. The van der Waals surface area contributed by atoms with Crippen molar-refractivity contribution in [3.05, 3.63) is 17.8 Å². The normalized spacial score (nSPS) is 21.2. The number of aromatic nitrogens is 1. The topological polar surface area (TPSA) is 90.0 Å². The van der Waals surface area contributed by atoms with Crippen LogP contribution in [-0.2, 0) is 6.54 Å². The molecule has 7 nitrogen and oxygen atoms in total. The van der Waals surface area contributed by atoms with E-state index in [4.69, 9.17) is 9.52 Å². The summed E-state index contributed by atoms with van der Waals surface area (Å²) in [7, 11) is 0. The highest BCUT2D eigenvalue weighted by Crippen LogP contribution is 2.13. The molecule has 18 heavy (non-hydrogen) atoms. The minimum atomic E-state index is -0.981. The van der Waals surface area contributed by atoms with E-state index in [-0.39, 0.29) is 12.6 Å². The van der Waals surface area contributed by atoms with Gasteiger partial charge in [0, 0.05) is 33.1 Å². The molecule has 0 bridgehead atoms. The van der Waals surface area contributed by atoms with Gasteiger partial charge in [0.2, 0.25) is 0 Å². The van der Waals surface area contributed by atoms with E-state index in [1.54, 1.807) is 13.2 Å². The summed E-state index contributed by atoms with van der Waals surface area (Å²) in [5.41, 5.74) is 0.827. The van der Waals surface area contributed by atoms with Gasteiger partial charge in [0.1, 0.15) is 6.26 Å². The molecule has 1 saturated heterocycles. The van der Waals surface area contributed by atoms with E-state index in [9.17, 15) is 9.90 Å². The third-order valence-corrected chi connectivity index (χ3v) is 3.08. The molecular formula is C11H17N3O4. The van der Waals surface area contributed by atoms with Crippen LogP contribution < -0.4 is 0 Å². The molecule has 0 aromatic carbocycles. The Morgan fingerprint density at radius 1 is 1.61 bits per heavy atom.